The van der Waals surface area contributed by atoms with Crippen molar-refractivity contribution in [1.29, 1.82) is 5.26 Å². The van der Waals surface area contributed by atoms with E-state index in [4.69, 9.17) is 8.92 Å². The van der Waals surface area contributed by atoms with Gasteiger partial charge in [-0.15, -0.1) is 0 Å². The molecule has 0 bridgehead atoms. The van der Waals surface area contributed by atoms with Crippen molar-refractivity contribution in [3.05, 3.63) is 87.9 Å². The summed E-state index contributed by atoms with van der Waals surface area (Å²) in [6.45, 7) is 1.89. The number of carbonyl (C=O) groups is 1. The van der Waals surface area contributed by atoms with Gasteiger partial charge in [-0.05, 0) is 115 Å². The number of anilines is 1. The fraction of sp³-hybridized carbons (Fsp3) is 0.0833. The number of nitrogens with zero attached hydrogens (tertiary/aromatic N) is 2. The molecule has 3 aromatic carbocycles. The second-order valence-electron chi connectivity index (χ2n) is 7.55. The van der Waals surface area contributed by atoms with E-state index < -0.39 is 20.9 Å². The number of nitriles is 1. The van der Waals surface area contributed by atoms with Gasteiger partial charge in [-0.25, -0.2) is 0 Å². The molecule has 1 amide bonds. The van der Waals surface area contributed by atoms with E-state index in [1.807, 2.05) is 47.7 Å². The summed E-state index contributed by atoms with van der Waals surface area (Å²) >= 11 is 8.62. The summed E-state index contributed by atoms with van der Waals surface area (Å²) in [6, 6.07) is 12.6. The van der Waals surface area contributed by atoms with E-state index in [2.05, 4.69) is 37.2 Å². The summed E-state index contributed by atoms with van der Waals surface area (Å²) in [5, 5.41) is 23.1. The number of nitro benzene ring substituents is 1. The maximum atomic E-state index is 12.8. The third-order valence-electron chi connectivity index (χ3n) is 4.88. The maximum Gasteiger partial charge on any atom is 0.339 e. The highest BCUT2D eigenvalue weighted by atomic mass is 127. The Morgan fingerprint density at radius 3 is 2.29 bits per heavy atom. The highest BCUT2D eigenvalue weighted by Crippen LogP contribution is 2.37. The van der Waals surface area contributed by atoms with Crippen molar-refractivity contribution in [3.63, 3.8) is 0 Å². The fourth-order valence-corrected chi connectivity index (χ4v) is 6.57. The molecule has 0 unspecified atom stereocenters. The van der Waals surface area contributed by atoms with Crippen LogP contribution in [0.5, 0.6) is 11.5 Å². The number of rotatable bonds is 8. The number of nitro groups is 1. The van der Waals surface area contributed by atoms with Crippen LogP contribution in [0.1, 0.15) is 11.1 Å². The molecule has 0 aromatic heterocycles. The second-order valence-corrected chi connectivity index (χ2v) is 12.0. The van der Waals surface area contributed by atoms with Crippen LogP contribution in [0.15, 0.2) is 67.9 Å². The molecule has 0 aliphatic carbocycles. The van der Waals surface area contributed by atoms with E-state index in [1.165, 1.54) is 25.3 Å². The summed E-state index contributed by atoms with van der Waals surface area (Å²) in [4.78, 5) is 22.7. The lowest BCUT2D eigenvalue weighted by molar-refractivity contribution is -0.384. The molecule has 0 aliphatic heterocycles. The summed E-state index contributed by atoms with van der Waals surface area (Å²) in [5.41, 5.74) is 1.30. The molecule has 3 aromatic rings. The Kier molecular flexibility index (Phi) is 9.52. The Hall–Kier alpha value is -3.00. The molecular weight excluding hydrogens is 761 g/mol. The van der Waals surface area contributed by atoms with Crippen molar-refractivity contribution in [2.45, 2.75) is 11.8 Å². The van der Waals surface area contributed by atoms with Crippen LogP contribution in [0, 0.1) is 31.9 Å². The number of hydrogen-bond acceptors (Lipinski definition) is 8. The fourth-order valence-electron chi connectivity index (χ4n) is 3.11. The molecule has 0 atom stereocenters. The minimum absolute atomic E-state index is 0.0235. The molecular formula is C24H16Br2IN3O7S. The maximum absolute atomic E-state index is 12.8. The lowest BCUT2D eigenvalue weighted by Gasteiger charge is -2.14. The molecule has 14 heteroatoms. The van der Waals surface area contributed by atoms with Gasteiger partial charge in [0.15, 0.2) is 11.5 Å². The molecule has 38 heavy (non-hydrogen) atoms. The number of ether oxygens (including phenoxy) is 1. The number of benzene rings is 3. The van der Waals surface area contributed by atoms with Gasteiger partial charge in [-0.2, -0.15) is 13.7 Å². The molecule has 0 spiro atoms. The zero-order valence-electron chi connectivity index (χ0n) is 19.5. The van der Waals surface area contributed by atoms with Gasteiger partial charge in [-0.1, -0.05) is 0 Å². The standard InChI is InChI=1S/C24H16Br2IN3O7S/c1-13-7-18(25)22(19(26)8-13)29-24(31)15(12-28)9-14-10-20(27)23(21(11-14)36-2)37-38(34,35)17-5-3-16(4-6-17)30(32)33/h3-11H,1-2H3,(H,29,31)/b15-9+. The first-order valence-corrected chi connectivity index (χ1v) is 14.4. The number of carbonyl (C=O) groups excluding carboxylic acids is 1. The zero-order chi connectivity index (χ0) is 28.2. The monoisotopic (exact) mass is 775 g/mol. The molecule has 10 nitrogen and oxygen atoms in total. The molecule has 1 N–H and O–H groups in total. The summed E-state index contributed by atoms with van der Waals surface area (Å²) in [5.74, 6) is -0.762. The topological polar surface area (TPSA) is 149 Å². The van der Waals surface area contributed by atoms with Crippen LogP contribution in [0.2, 0.25) is 0 Å². The van der Waals surface area contributed by atoms with Crippen LogP contribution in [-0.2, 0) is 14.9 Å². The Labute approximate surface area is 248 Å². The van der Waals surface area contributed by atoms with Crippen molar-refractivity contribution in [1.82, 2.24) is 0 Å². The number of hydrogen-bond donors (Lipinski definition) is 1. The predicted molar refractivity (Wildman–Crippen MR) is 155 cm³/mol. The Balaban J connectivity index is 1.92. The van der Waals surface area contributed by atoms with Crippen LogP contribution in [0.25, 0.3) is 6.08 Å². The lowest BCUT2D eigenvalue weighted by Crippen LogP contribution is -2.14. The molecule has 3 rings (SSSR count). The first kappa shape index (κ1) is 29.6. The average Bonchev–Trinajstić information content (AvgIpc) is 2.85. The van der Waals surface area contributed by atoms with Crippen molar-refractivity contribution in [2.24, 2.45) is 0 Å². The second kappa shape index (κ2) is 12.2. The van der Waals surface area contributed by atoms with Gasteiger partial charge in [0.1, 0.15) is 16.5 Å². The van der Waals surface area contributed by atoms with E-state index in [-0.39, 0.29) is 27.7 Å². The summed E-state index contributed by atoms with van der Waals surface area (Å²) in [6.07, 6.45) is 1.32. The number of aryl methyl sites for hydroxylation is 1. The van der Waals surface area contributed by atoms with Gasteiger partial charge in [0.2, 0.25) is 0 Å². The van der Waals surface area contributed by atoms with E-state index >= 15 is 0 Å². The van der Waals surface area contributed by atoms with Gasteiger partial charge in [0, 0.05) is 21.1 Å². The minimum atomic E-state index is -4.36. The third kappa shape index (κ3) is 6.90. The number of non-ortho nitro benzene ring substituents is 1. The van der Waals surface area contributed by atoms with Gasteiger partial charge in [-0.3, -0.25) is 14.9 Å². The average molecular weight is 777 g/mol. The molecule has 0 saturated heterocycles. The number of halogens is 3. The first-order valence-electron chi connectivity index (χ1n) is 10.3. The third-order valence-corrected chi connectivity index (χ3v) is 8.17. The number of nitrogens with one attached hydrogen (secondary N) is 1. The molecule has 0 radical (unpaired) electrons. The van der Waals surface area contributed by atoms with Crippen LogP contribution < -0.4 is 14.2 Å². The summed E-state index contributed by atoms with van der Waals surface area (Å²) in [7, 11) is -3.06. The van der Waals surface area contributed by atoms with Crippen LogP contribution in [-0.4, -0.2) is 26.4 Å². The Morgan fingerprint density at radius 1 is 1.16 bits per heavy atom. The van der Waals surface area contributed by atoms with Gasteiger partial charge in [0.05, 0.1) is 21.3 Å². The minimum Gasteiger partial charge on any atom is -0.493 e. The van der Waals surface area contributed by atoms with E-state index in [0.29, 0.717) is 23.8 Å². The molecule has 0 saturated carbocycles. The van der Waals surface area contributed by atoms with Crippen LogP contribution in [0.3, 0.4) is 0 Å². The number of amides is 1. The van der Waals surface area contributed by atoms with E-state index in [0.717, 1.165) is 29.8 Å². The van der Waals surface area contributed by atoms with E-state index in [9.17, 15) is 28.6 Å². The largest absolute Gasteiger partial charge is 0.493 e. The highest BCUT2D eigenvalue weighted by Gasteiger charge is 2.23. The van der Waals surface area contributed by atoms with E-state index in [1.54, 1.807) is 0 Å². The Morgan fingerprint density at radius 2 is 1.76 bits per heavy atom. The predicted octanol–water partition coefficient (Wildman–Crippen LogP) is 6.35. The smallest absolute Gasteiger partial charge is 0.339 e. The number of methoxy groups -OCH3 is 1. The summed E-state index contributed by atoms with van der Waals surface area (Å²) < 4.78 is 37.7. The highest BCUT2D eigenvalue weighted by molar-refractivity contribution is 14.1. The Bertz CT molecular complexity index is 1600. The van der Waals surface area contributed by atoms with Gasteiger partial charge < -0.3 is 14.2 Å². The van der Waals surface area contributed by atoms with Gasteiger partial charge in [0.25, 0.3) is 11.6 Å². The van der Waals surface area contributed by atoms with Crippen molar-refractivity contribution >= 4 is 87.9 Å². The quantitative estimate of drug-likeness (QED) is 0.0695. The van der Waals surface area contributed by atoms with Crippen molar-refractivity contribution in [2.75, 3.05) is 12.4 Å². The van der Waals surface area contributed by atoms with Crippen molar-refractivity contribution in [3.8, 4) is 17.6 Å². The SMILES string of the molecule is COc1cc(/C=C(\C#N)C(=O)Nc2c(Br)cc(C)cc2Br)cc(I)c1OS(=O)(=O)c1ccc([N+](=O)[O-])cc1. The van der Waals surface area contributed by atoms with Crippen LogP contribution >= 0.6 is 54.5 Å². The van der Waals surface area contributed by atoms with Crippen LogP contribution in [0.4, 0.5) is 11.4 Å². The molecule has 0 heterocycles. The molecule has 196 valence electrons. The zero-order valence-corrected chi connectivity index (χ0v) is 25.6. The van der Waals surface area contributed by atoms with Gasteiger partial charge >= 0.3 is 10.1 Å². The first-order chi connectivity index (χ1) is 17.9. The lowest BCUT2D eigenvalue weighted by atomic mass is 10.1. The van der Waals surface area contributed by atoms with Crippen molar-refractivity contribution < 1.29 is 27.1 Å². The normalized spacial score (nSPS) is 11.4. The molecule has 0 aliphatic rings. The molecule has 0 fully saturated rings.